The topological polar surface area (TPSA) is 66.1 Å². The number of fused-ring (bicyclic) bond motifs is 1. The smallest absolute Gasteiger partial charge is 0.259 e. The molecule has 2 aromatic heterocycles. The van der Waals surface area contributed by atoms with Crippen molar-refractivity contribution in [3.05, 3.63) is 26.6 Å². The van der Waals surface area contributed by atoms with Crippen LogP contribution < -0.4 is 5.56 Å². The van der Waals surface area contributed by atoms with Gasteiger partial charge in [0, 0.05) is 18.0 Å². The number of nitrogens with zero attached hydrogens (tertiary/aromatic N) is 2. The molecular formula is C21H31N3O2S2. The van der Waals surface area contributed by atoms with Crippen LogP contribution in [0.2, 0.25) is 0 Å². The Balaban J connectivity index is 1.66. The van der Waals surface area contributed by atoms with E-state index in [1.165, 1.54) is 23.1 Å². The van der Waals surface area contributed by atoms with Crippen molar-refractivity contribution in [2.45, 2.75) is 59.1 Å². The van der Waals surface area contributed by atoms with Crippen LogP contribution in [0.1, 0.15) is 56.3 Å². The summed E-state index contributed by atoms with van der Waals surface area (Å²) in [5, 5.41) is 0.759. The van der Waals surface area contributed by atoms with Crippen LogP contribution in [0.15, 0.2) is 4.79 Å². The second kappa shape index (κ2) is 9.44. The Morgan fingerprint density at radius 1 is 1.46 bits per heavy atom. The first-order valence-corrected chi connectivity index (χ1v) is 12.2. The first-order valence-electron chi connectivity index (χ1n) is 10.3. The molecule has 2 aromatic rings. The van der Waals surface area contributed by atoms with Crippen molar-refractivity contribution in [1.29, 1.82) is 0 Å². The normalized spacial score (nSPS) is 18.6. The van der Waals surface area contributed by atoms with Crippen LogP contribution in [0.3, 0.4) is 0 Å². The number of thioether (sulfide) groups is 1. The monoisotopic (exact) mass is 421 g/mol. The molecular weight excluding hydrogens is 390 g/mol. The number of rotatable bonds is 7. The third kappa shape index (κ3) is 4.98. The van der Waals surface area contributed by atoms with E-state index < -0.39 is 0 Å². The van der Waals surface area contributed by atoms with Crippen LogP contribution in [0.25, 0.3) is 10.2 Å². The third-order valence-corrected chi connectivity index (χ3v) is 7.61. The maximum Gasteiger partial charge on any atom is 0.259 e. The Bertz CT molecular complexity index is 890. The van der Waals surface area contributed by atoms with Gasteiger partial charge in [-0.2, -0.15) is 0 Å². The van der Waals surface area contributed by atoms with Crippen molar-refractivity contribution in [2.75, 3.05) is 18.8 Å². The molecule has 1 N–H and O–H groups in total. The summed E-state index contributed by atoms with van der Waals surface area (Å²) in [6.07, 6.45) is 4.33. The number of hydrogen-bond acceptors (Lipinski definition) is 5. The average Bonchev–Trinajstić information content (AvgIpc) is 2.97. The largest absolute Gasteiger partial charge is 0.342 e. The van der Waals surface area contributed by atoms with E-state index in [4.69, 9.17) is 0 Å². The molecule has 0 unspecified atom stereocenters. The number of aromatic nitrogens is 2. The van der Waals surface area contributed by atoms with Gasteiger partial charge in [0.15, 0.2) is 0 Å². The zero-order valence-corrected chi connectivity index (χ0v) is 19.0. The highest BCUT2D eigenvalue weighted by atomic mass is 32.2. The van der Waals surface area contributed by atoms with Gasteiger partial charge in [0.2, 0.25) is 5.91 Å². The van der Waals surface area contributed by atoms with E-state index in [-0.39, 0.29) is 11.5 Å². The second-order valence-electron chi connectivity index (χ2n) is 8.13. The minimum Gasteiger partial charge on any atom is -0.342 e. The lowest BCUT2D eigenvalue weighted by Gasteiger charge is -2.30. The quantitative estimate of drug-likeness (QED) is 0.721. The van der Waals surface area contributed by atoms with Gasteiger partial charge in [-0.05, 0) is 43.6 Å². The van der Waals surface area contributed by atoms with Crippen molar-refractivity contribution >= 4 is 39.2 Å². The standard InChI is InChI=1S/C21H31N3O2S2/c1-5-13(2)9-16-15(4)28-21-19(16)20(26)22-17(23-21)11-27-12-18(25)24-8-6-7-14(3)10-24/h13-14H,5-12H2,1-4H3,(H,22,23,26)/t13-,14+/m0/s1. The molecule has 0 spiro atoms. The van der Waals surface area contributed by atoms with Crippen LogP contribution in [0, 0.1) is 18.8 Å². The van der Waals surface area contributed by atoms with E-state index in [1.807, 2.05) is 4.90 Å². The van der Waals surface area contributed by atoms with Crippen molar-refractivity contribution in [3.63, 3.8) is 0 Å². The van der Waals surface area contributed by atoms with Gasteiger partial charge >= 0.3 is 0 Å². The highest BCUT2D eigenvalue weighted by Gasteiger charge is 2.21. The van der Waals surface area contributed by atoms with Crippen molar-refractivity contribution in [2.24, 2.45) is 11.8 Å². The summed E-state index contributed by atoms with van der Waals surface area (Å²) in [6, 6.07) is 0. The molecule has 1 aliphatic heterocycles. The molecule has 154 valence electrons. The Labute approximate surface area is 175 Å². The van der Waals surface area contributed by atoms with Gasteiger partial charge in [-0.25, -0.2) is 4.98 Å². The lowest BCUT2D eigenvalue weighted by atomic mass is 9.98. The fourth-order valence-corrected chi connectivity index (χ4v) is 5.63. The molecule has 2 atom stereocenters. The van der Waals surface area contributed by atoms with Gasteiger partial charge in [-0.1, -0.05) is 27.2 Å². The zero-order chi connectivity index (χ0) is 20.3. The van der Waals surface area contributed by atoms with Crippen molar-refractivity contribution in [3.8, 4) is 0 Å². The number of aryl methyl sites for hydroxylation is 1. The van der Waals surface area contributed by atoms with E-state index in [2.05, 4.69) is 37.7 Å². The number of nitrogens with one attached hydrogen (secondary N) is 1. The molecule has 1 amide bonds. The summed E-state index contributed by atoms with van der Waals surface area (Å²) in [5.41, 5.74) is 1.11. The number of carbonyl (C=O) groups excluding carboxylic acids is 1. The number of carbonyl (C=O) groups is 1. The predicted octanol–water partition coefficient (Wildman–Crippen LogP) is 4.37. The number of aromatic amines is 1. The molecule has 7 heteroatoms. The first-order chi connectivity index (χ1) is 13.4. The minimum atomic E-state index is -0.0422. The summed E-state index contributed by atoms with van der Waals surface area (Å²) in [7, 11) is 0. The van der Waals surface area contributed by atoms with Crippen molar-refractivity contribution in [1.82, 2.24) is 14.9 Å². The molecule has 0 radical (unpaired) electrons. The molecule has 3 rings (SSSR count). The lowest BCUT2D eigenvalue weighted by molar-refractivity contribution is -0.130. The maximum atomic E-state index is 12.7. The van der Waals surface area contributed by atoms with Gasteiger partial charge in [0.25, 0.3) is 5.56 Å². The zero-order valence-electron chi connectivity index (χ0n) is 17.3. The summed E-state index contributed by atoms with van der Waals surface area (Å²) in [6.45, 7) is 10.4. The van der Waals surface area contributed by atoms with Gasteiger partial charge in [0.1, 0.15) is 10.7 Å². The molecule has 5 nitrogen and oxygen atoms in total. The SMILES string of the molecule is CC[C@H](C)Cc1c(C)sc2nc(CSCC(=O)N3CCC[C@@H](C)C3)[nH]c(=O)c12. The minimum absolute atomic E-state index is 0.0422. The van der Waals surface area contributed by atoms with E-state index in [0.717, 1.165) is 48.1 Å². The molecule has 1 aliphatic rings. The van der Waals surface area contributed by atoms with Crippen LogP contribution in [-0.2, 0) is 17.0 Å². The molecule has 1 saturated heterocycles. The van der Waals surface area contributed by atoms with Crippen LogP contribution in [0.5, 0.6) is 0 Å². The van der Waals surface area contributed by atoms with E-state index in [1.54, 1.807) is 11.3 Å². The van der Waals surface area contributed by atoms with Crippen molar-refractivity contribution < 1.29 is 4.79 Å². The van der Waals surface area contributed by atoms with Gasteiger partial charge in [-0.3, -0.25) is 9.59 Å². The number of piperidine rings is 1. The Morgan fingerprint density at radius 3 is 2.96 bits per heavy atom. The summed E-state index contributed by atoms with van der Waals surface area (Å²) >= 11 is 3.14. The van der Waals surface area contributed by atoms with Gasteiger partial charge in [0.05, 0.1) is 16.9 Å². The molecule has 0 aromatic carbocycles. The second-order valence-corrected chi connectivity index (χ2v) is 10.3. The fraction of sp³-hybridized carbons (Fsp3) is 0.667. The van der Waals surface area contributed by atoms with E-state index in [9.17, 15) is 9.59 Å². The Morgan fingerprint density at radius 2 is 2.25 bits per heavy atom. The number of H-pyrrole nitrogens is 1. The van der Waals surface area contributed by atoms with E-state index in [0.29, 0.717) is 29.2 Å². The molecule has 0 aliphatic carbocycles. The Hall–Kier alpha value is -1.34. The van der Waals surface area contributed by atoms with Crippen LogP contribution in [0.4, 0.5) is 0 Å². The summed E-state index contributed by atoms with van der Waals surface area (Å²) in [5.74, 6) is 3.00. The third-order valence-electron chi connectivity index (χ3n) is 5.64. The molecule has 3 heterocycles. The summed E-state index contributed by atoms with van der Waals surface area (Å²) < 4.78 is 0. The highest BCUT2D eigenvalue weighted by molar-refractivity contribution is 7.99. The van der Waals surface area contributed by atoms with Crippen LogP contribution in [-0.4, -0.2) is 39.6 Å². The number of likely N-dealkylation sites (tertiary alicyclic amines) is 1. The van der Waals surface area contributed by atoms with Crippen LogP contribution >= 0.6 is 23.1 Å². The van der Waals surface area contributed by atoms with E-state index >= 15 is 0 Å². The number of hydrogen-bond donors (Lipinski definition) is 1. The maximum absolute atomic E-state index is 12.7. The number of thiophene rings is 1. The predicted molar refractivity (Wildman–Crippen MR) is 119 cm³/mol. The molecule has 28 heavy (non-hydrogen) atoms. The summed E-state index contributed by atoms with van der Waals surface area (Å²) in [4.78, 5) is 36.7. The highest BCUT2D eigenvalue weighted by Crippen LogP contribution is 2.30. The molecule has 1 fully saturated rings. The molecule has 0 saturated carbocycles. The van der Waals surface area contributed by atoms with Gasteiger partial charge < -0.3 is 9.88 Å². The average molecular weight is 422 g/mol. The Kier molecular flexibility index (Phi) is 7.20. The van der Waals surface area contributed by atoms with Gasteiger partial charge in [-0.15, -0.1) is 23.1 Å². The fourth-order valence-electron chi connectivity index (χ4n) is 3.77. The first kappa shape index (κ1) is 21.4. The lowest BCUT2D eigenvalue weighted by Crippen LogP contribution is -2.40. The number of amides is 1. The molecule has 0 bridgehead atoms.